The second-order valence-corrected chi connectivity index (χ2v) is 9.81. The Morgan fingerprint density at radius 2 is 2.03 bits per heavy atom. The van der Waals surface area contributed by atoms with Crippen LogP contribution >= 0.6 is 0 Å². The number of allylic oxidation sites excluding steroid dienone is 1. The smallest absolute Gasteiger partial charge is 0.312 e. The molecule has 184 valence electrons. The van der Waals surface area contributed by atoms with Gasteiger partial charge in [-0.15, -0.1) is 13.2 Å². The van der Waals surface area contributed by atoms with Crippen LogP contribution in [-0.4, -0.2) is 82.3 Å². The van der Waals surface area contributed by atoms with Crippen LogP contribution < -0.4 is 0 Å². The Bertz CT molecular complexity index is 798. The van der Waals surface area contributed by atoms with Gasteiger partial charge in [0.1, 0.15) is 17.6 Å². The number of ether oxygens (including phenoxy) is 2. The van der Waals surface area contributed by atoms with E-state index in [-0.39, 0.29) is 37.6 Å². The Balaban J connectivity index is 1.92. The summed E-state index contributed by atoms with van der Waals surface area (Å²) in [5, 5.41) is 9.66. The lowest BCUT2D eigenvalue weighted by atomic mass is 9.66. The summed E-state index contributed by atoms with van der Waals surface area (Å²) < 4.78 is 12.1. The third-order valence-corrected chi connectivity index (χ3v) is 7.38. The van der Waals surface area contributed by atoms with Gasteiger partial charge in [0, 0.05) is 19.1 Å². The molecule has 3 rings (SSSR count). The normalized spacial score (nSPS) is 32.2. The summed E-state index contributed by atoms with van der Waals surface area (Å²) in [6, 6.07) is -1.00. The first-order valence-corrected chi connectivity index (χ1v) is 12.0. The molecule has 1 spiro atoms. The number of aliphatic hydroxyl groups is 1. The zero-order valence-electron chi connectivity index (χ0n) is 20.1. The van der Waals surface area contributed by atoms with E-state index in [0.717, 1.165) is 12.8 Å². The number of amides is 2. The van der Waals surface area contributed by atoms with Crippen LogP contribution in [0, 0.1) is 11.8 Å². The van der Waals surface area contributed by atoms with Gasteiger partial charge in [-0.05, 0) is 52.9 Å². The van der Waals surface area contributed by atoms with Crippen LogP contribution in [0.5, 0.6) is 0 Å². The number of hydrogen-bond donors (Lipinski definition) is 1. The fourth-order valence-corrected chi connectivity index (χ4v) is 5.92. The van der Waals surface area contributed by atoms with Gasteiger partial charge in [0.05, 0.1) is 24.7 Å². The summed E-state index contributed by atoms with van der Waals surface area (Å²) in [7, 11) is 0. The van der Waals surface area contributed by atoms with Crippen LogP contribution in [0.3, 0.4) is 0 Å². The number of hydrogen-bond acceptors (Lipinski definition) is 6. The van der Waals surface area contributed by atoms with Crippen molar-refractivity contribution in [2.75, 3.05) is 26.3 Å². The first-order valence-electron chi connectivity index (χ1n) is 12.0. The molecule has 5 atom stereocenters. The molecule has 2 amide bonds. The number of nitrogens with zero attached hydrogens (tertiary/aromatic N) is 2. The number of carbonyl (C=O) groups is 3. The number of esters is 1. The lowest BCUT2D eigenvalue weighted by Crippen LogP contribution is -2.57. The Morgan fingerprint density at radius 1 is 1.30 bits per heavy atom. The highest BCUT2D eigenvalue weighted by molar-refractivity contribution is 5.98. The van der Waals surface area contributed by atoms with Crippen molar-refractivity contribution < 1.29 is 29.0 Å². The number of unbranched alkanes of at least 4 members (excludes halogenated alkanes) is 2. The highest BCUT2D eigenvalue weighted by Gasteiger charge is 2.78. The van der Waals surface area contributed by atoms with E-state index < -0.39 is 35.0 Å². The molecule has 33 heavy (non-hydrogen) atoms. The Morgan fingerprint density at radius 3 is 2.64 bits per heavy atom. The summed E-state index contributed by atoms with van der Waals surface area (Å²) in [4.78, 5) is 43.7. The first kappa shape index (κ1) is 25.4. The van der Waals surface area contributed by atoms with Gasteiger partial charge in [0.25, 0.3) is 0 Å². The third-order valence-electron chi connectivity index (χ3n) is 7.38. The van der Waals surface area contributed by atoms with Crippen LogP contribution in [-0.2, 0) is 23.9 Å². The SMILES string of the molecule is C=CCCCCOC(=O)[C@@H]1[C@H]2C(=O)N(CCO)C(C(=O)N(CC=C)C(C)C)C23CC[C@@]1(C)O3. The Hall–Kier alpha value is -2.19. The molecule has 8 heteroatoms. The second-order valence-electron chi connectivity index (χ2n) is 9.81. The van der Waals surface area contributed by atoms with Crippen LogP contribution in [0.2, 0.25) is 0 Å². The Labute approximate surface area is 196 Å². The molecule has 1 N–H and O–H groups in total. The van der Waals surface area contributed by atoms with E-state index >= 15 is 0 Å². The maximum absolute atomic E-state index is 13.8. The third kappa shape index (κ3) is 4.23. The lowest BCUT2D eigenvalue weighted by molar-refractivity contribution is -0.160. The van der Waals surface area contributed by atoms with Crippen molar-refractivity contribution in [3.8, 4) is 0 Å². The van der Waals surface area contributed by atoms with Crippen LogP contribution in [0.15, 0.2) is 25.3 Å². The maximum Gasteiger partial charge on any atom is 0.312 e. The largest absolute Gasteiger partial charge is 0.465 e. The van der Waals surface area contributed by atoms with Crippen LogP contribution in [0.25, 0.3) is 0 Å². The highest BCUT2D eigenvalue weighted by Crippen LogP contribution is 2.63. The monoisotopic (exact) mass is 462 g/mol. The van der Waals surface area contributed by atoms with Gasteiger partial charge in [-0.25, -0.2) is 0 Å². The molecule has 8 nitrogen and oxygen atoms in total. The standard InChI is InChI=1S/C25H38N2O6/c1-6-8-9-10-16-32-23(31)19-18-21(29)27(14-15-28)20(22(30)26(13-7-2)17(3)4)25(18)12-11-24(19,5)33-25/h6-7,17-20,28H,1-2,8-16H2,3-5H3/t18-,19-,20?,24+,25?/m0/s1. The van der Waals surface area contributed by atoms with Crippen LogP contribution in [0.1, 0.15) is 52.9 Å². The summed E-state index contributed by atoms with van der Waals surface area (Å²) in [6.07, 6.45) is 6.98. The maximum atomic E-state index is 13.8. The molecule has 0 radical (unpaired) electrons. The van der Waals surface area contributed by atoms with Gasteiger partial charge in [0.2, 0.25) is 11.8 Å². The van der Waals surface area contributed by atoms with Gasteiger partial charge < -0.3 is 24.4 Å². The van der Waals surface area contributed by atoms with Gasteiger partial charge in [-0.1, -0.05) is 12.2 Å². The van der Waals surface area contributed by atoms with Crippen molar-refractivity contribution in [2.45, 2.75) is 76.2 Å². The molecule has 3 fully saturated rings. The molecule has 3 heterocycles. The van der Waals surface area contributed by atoms with E-state index in [1.165, 1.54) is 4.90 Å². The molecule has 2 bridgehead atoms. The molecular formula is C25H38N2O6. The van der Waals surface area contributed by atoms with E-state index in [1.54, 1.807) is 11.0 Å². The van der Waals surface area contributed by atoms with Crippen molar-refractivity contribution in [2.24, 2.45) is 11.8 Å². The molecular weight excluding hydrogens is 424 g/mol. The van der Waals surface area contributed by atoms with Gasteiger partial charge in [-0.3, -0.25) is 14.4 Å². The summed E-state index contributed by atoms with van der Waals surface area (Å²) in [6.45, 7) is 13.4. The topological polar surface area (TPSA) is 96.4 Å². The number of aliphatic hydroxyl groups excluding tert-OH is 1. The predicted molar refractivity (Wildman–Crippen MR) is 123 cm³/mol. The fraction of sp³-hybridized carbons (Fsp3) is 0.720. The molecule has 3 saturated heterocycles. The van der Waals surface area contributed by atoms with Crippen molar-refractivity contribution >= 4 is 17.8 Å². The lowest BCUT2D eigenvalue weighted by Gasteiger charge is -2.38. The minimum atomic E-state index is -1.10. The van der Waals surface area contributed by atoms with E-state index in [2.05, 4.69) is 13.2 Å². The molecule has 3 aliphatic rings. The van der Waals surface area contributed by atoms with Crippen LogP contribution in [0.4, 0.5) is 0 Å². The molecule has 0 aliphatic carbocycles. The van der Waals surface area contributed by atoms with Crippen molar-refractivity contribution in [1.29, 1.82) is 0 Å². The number of carbonyl (C=O) groups excluding carboxylic acids is 3. The van der Waals surface area contributed by atoms with Gasteiger partial charge in [0.15, 0.2) is 0 Å². The van der Waals surface area contributed by atoms with Gasteiger partial charge in [-0.2, -0.15) is 0 Å². The quantitative estimate of drug-likeness (QED) is 0.271. The number of likely N-dealkylation sites (tertiary alicyclic amines) is 1. The van der Waals surface area contributed by atoms with Gasteiger partial charge >= 0.3 is 5.97 Å². The number of β-amino-alcohol motifs (C(OH)–C–C–N with tert-alkyl or cyclic N) is 1. The summed E-state index contributed by atoms with van der Waals surface area (Å²) in [5.41, 5.74) is -1.96. The average Bonchev–Trinajstić information content (AvgIpc) is 3.32. The fourth-order valence-electron chi connectivity index (χ4n) is 5.92. The highest BCUT2D eigenvalue weighted by atomic mass is 16.6. The Kier molecular flexibility index (Phi) is 7.69. The van der Waals surface area contributed by atoms with E-state index in [1.807, 2.05) is 26.8 Å². The van der Waals surface area contributed by atoms with Crippen molar-refractivity contribution in [3.63, 3.8) is 0 Å². The van der Waals surface area contributed by atoms with E-state index in [0.29, 0.717) is 25.8 Å². The zero-order chi connectivity index (χ0) is 24.4. The average molecular weight is 463 g/mol. The first-order chi connectivity index (χ1) is 15.7. The van der Waals surface area contributed by atoms with Crippen molar-refractivity contribution in [1.82, 2.24) is 9.80 Å². The number of rotatable bonds is 12. The summed E-state index contributed by atoms with van der Waals surface area (Å²) in [5.74, 6) is -2.57. The van der Waals surface area contributed by atoms with Crippen molar-refractivity contribution in [3.05, 3.63) is 25.3 Å². The van der Waals surface area contributed by atoms with E-state index in [9.17, 15) is 19.5 Å². The molecule has 0 aromatic carbocycles. The zero-order valence-corrected chi connectivity index (χ0v) is 20.1. The number of fused-ring (bicyclic) bond motifs is 1. The molecule has 0 aromatic rings. The molecule has 0 saturated carbocycles. The minimum Gasteiger partial charge on any atom is -0.465 e. The molecule has 3 aliphatic heterocycles. The van der Waals surface area contributed by atoms with E-state index in [4.69, 9.17) is 9.47 Å². The molecule has 2 unspecified atom stereocenters. The summed E-state index contributed by atoms with van der Waals surface area (Å²) >= 11 is 0. The predicted octanol–water partition coefficient (Wildman–Crippen LogP) is 2.07. The minimum absolute atomic E-state index is 0.0108. The molecule has 0 aromatic heterocycles. The second kappa shape index (κ2) is 9.97.